The molecule has 1 heterocycles. The lowest BCUT2D eigenvalue weighted by Crippen LogP contribution is -2.30. The third kappa shape index (κ3) is 2.68. The van der Waals surface area contributed by atoms with Crippen LogP contribution in [0.5, 0.6) is 0 Å². The quantitative estimate of drug-likeness (QED) is 0.797. The van der Waals surface area contributed by atoms with Gasteiger partial charge in [-0.1, -0.05) is 20.8 Å². The molecular formula is C11H17N3O. The smallest absolute Gasteiger partial charge is 0.230 e. The maximum absolute atomic E-state index is 11.8. The third-order valence-electron chi connectivity index (χ3n) is 2.60. The van der Waals surface area contributed by atoms with Crippen molar-refractivity contribution in [2.45, 2.75) is 27.2 Å². The predicted octanol–water partition coefficient (Wildman–Crippen LogP) is 2.04. The Morgan fingerprint density at radius 1 is 1.60 bits per heavy atom. The predicted molar refractivity (Wildman–Crippen MR) is 61.4 cm³/mol. The largest absolute Gasteiger partial charge is 0.396 e. The van der Waals surface area contributed by atoms with Crippen LogP contribution >= 0.6 is 0 Å². The van der Waals surface area contributed by atoms with Gasteiger partial charge < -0.3 is 11.1 Å². The normalized spacial score (nSPS) is 11.1. The topological polar surface area (TPSA) is 68.0 Å². The summed E-state index contributed by atoms with van der Waals surface area (Å²) in [6, 6.07) is 1.69. The van der Waals surface area contributed by atoms with Crippen LogP contribution in [-0.4, -0.2) is 10.9 Å². The second-order valence-electron chi connectivity index (χ2n) is 4.15. The van der Waals surface area contributed by atoms with Gasteiger partial charge in [0, 0.05) is 11.6 Å². The highest BCUT2D eigenvalue weighted by Gasteiger charge is 2.25. The van der Waals surface area contributed by atoms with Crippen molar-refractivity contribution in [2.24, 2.45) is 5.41 Å². The number of nitrogens with zero attached hydrogens (tertiary/aromatic N) is 1. The Balaban J connectivity index is 2.80. The highest BCUT2D eigenvalue weighted by Crippen LogP contribution is 2.24. The molecule has 4 nitrogen and oxygen atoms in total. The summed E-state index contributed by atoms with van der Waals surface area (Å²) in [4.78, 5) is 15.7. The van der Waals surface area contributed by atoms with Gasteiger partial charge in [0.05, 0.1) is 17.6 Å². The number of nitrogen functional groups attached to an aromatic ring is 1. The van der Waals surface area contributed by atoms with Crippen LogP contribution in [0.25, 0.3) is 0 Å². The molecule has 15 heavy (non-hydrogen) atoms. The highest BCUT2D eigenvalue weighted by atomic mass is 16.2. The number of hydrogen-bond acceptors (Lipinski definition) is 3. The van der Waals surface area contributed by atoms with E-state index in [1.807, 2.05) is 20.8 Å². The van der Waals surface area contributed by atoms with Gasteiger partial charge in [0.1, 0.15) is 0 Å². The maximum Gasteiger partial charge on any atom is 0.230 e. The lowest BCUT2D eigenvalue weighted by atomic mass is 9.89. The van der Waals surface area contributed by atoms with E-state index in [9.17, 15) is 4.79 Å². The molecular weight excluding hydrogens is 190 g/mol. The fourth-order valence-electron chi connectivity index (χ4n) is 0.973. The van der Waals surface area contributed by atoms with Crippen LogP contribution in [0.2, 0.25) is 0 Å². The Hall–Kier alpha value is -1.58. The molecule has 1 rings (SSSR count). The Kier molecular flexibility index (Phi) is 3.29. The van der Waals surface area contributed by atoms with Gasteiger partial charge in [0.2, 0.25) is 5.91 Å². The molecule has 82 valence electrons. The molecule has 0 radical (unpaired) electrons. The lowest BCUT2D eigenvalue weighted by Gasteiger charge is -2.21. The van der Waals surface area contributed by atoms with Crippen molar-refractivity contribution in [3.63, 3.8) is 0 Å². The number of nitrogens with two attached hydrogens (primary N) is 1. The van der Waals surface area contributed by atoms with Gasteiger partial charge in [-0.25, -0.2) is 0 Å². The minimum absolute atomic E-state index is 0.0251. The summed E-state index contributed by atoms with van der Waals surface area (Å²) in [7, 11) is 0. The van der Waals surface area contributed by atoms with E-state index in [-0.39, 0.29) is 11.3 Å². The van der Waals surface area contributed by atoms with Gasteiger partial charge in [-0.05, 0) is 12.5 Å². The molecule has 1 aromatic rings. The van der Waals surface area contributed by atoms with Gasteiger partial charge in [-0.15, -0.1) is 0 Å². The zero-order chi connectivity index (χ0) is 11.5. The van der Waals surface area contributed by atoms with E-state index in [0.717, 1.165) is 6.42 Å². The molecule has 0 saturated carbocycles. The van der Waals surface area contributed by atoms with E-state index >= 15 is 0 Å². The number of anilines is 2. The number of hydrogen-bond donors (Lipinski definition) is 2. The zero-order valence-electron chi connectivity index (χ0n) is 9.37. The maximum atomic E-state index is 11.8. The molecule has 0 atom stereocenters. The van der Waals surface area contributed by atoms with Crippen molar-refractivity contribution in [3.8, 4) is 0 Å². The van der Waals surface area contributed by atoms with Crippen LogP contribution in [0.3, 0.4) is 0 Å². The molecule has 4 heteroatoms. The van der Waals surface area contributed by atoms with Crippen LogP contribution in [0, 0.1) is 5.41 Å². The van der Waals surface area contributed by atoms with Crippen molar-refractivity contribution in [3.05, 3.63) is 18.5 Å². The molecule has 0 aliphatic heterocycles. The monoisotopic (exact) mass is 207 g/mol. The Bertz CT molecular complexity index is 361. The third-order valence-corrected chi connectivity index (χ3v) is 2.60. The number of carbonyl (C=O) groups is 1. The molecule has 0 spiro atoms. The second kappa shape index (κ2) is 4.29. The first-order valence-electron chi connectivity index (χ1n) is 4.98. The summed E-state index contributed by atoms with van der Waals surface area (Å²) in [5.41, 5.74) is 6.40. The molecule has 0 aromatic carbocycles. The molecule has 0 saturated heterocycles. The molecule has 1 amide bonds. The summed E-state index contributed by atoms with van der Waals surface area (Å²) < 4.78 is 0. The molecule has 0 aliphatic rings. The van der Waals surface area contributed by atoms with Crippen molar-refractivity contribution < 1.29 is 4.79 Å². The number of pyridine rings is 1. The van der Waals surface area contributed by atoms with Crippen molar-refractivity contribution in [1.82, 2.24) is 4.98 Å². The number of amides is 1. The summed E-state index contributed by atoms with van der Waals surface area (Å²) in [6.45, 7) is 5.79. The van der Waals surface area contributed by atoms with E-state index in [0.29, 0.717) is 11.4 Å². The van der Waals surface area contributed by atoms with Crippen LogP contribution in [0.15, 0.2) is 18.5 Å². The van der Waals surface area contributed by atoms with E-state index in [2.05, 4.69) is 10.3 Å². The van der Waals surface area contributed by atoms with Crippen LogP contribution in [0.4, 0.5) is 11.4 Å². The Morgan fingerprint density at radius 3 is 2.80 bits per heavy atom. The molecule has 0 aliphatic carbocycles. The minimum atomic E-state index is -0.379. The summed E-state index contributed by atoms with van der Waals surface area (Å²) in [6.07, 6.45) is 3.91. The van der Waals surface area contributed by atoms with Gasteiger partial charge in [0.15, 0.2) is 0 Å². The average Bonchev–Trinajstić information content (AvgIpc) is 2.21. The highest BCUT2D eigenvalue weighted by molar-refractivity contribution is 5.97. The Morgan fingerprint density at radius 2 is 2.27 bits per heavy atom. The summed E-state index contributed by atoms with van der Waals surface area (Å²) in [5, 5.41) is 2.80. The van der Waals surface area contributed by atoms with Crippen LogP contribution in [-0.2, 0) is 4.79 Å². The van der Waals surface area contributed by atoms with Crippen molar-refractivity contribution in [1.29, 1.82) is 0 Å². The first kappa shape index (κ1) is 11.5. The van der Waals surface area contributed by atoms with Crippen LogP contribution in [0.1, 0.15) is 27.2 Å². The SMILES string of the molecule is CCC(C)(C)C(=O)Nc1ccncc1N. The van der Waals surface area contributed by atoms with Crippen molar-refractivity contribution in [2.75, 3.05) is 11.1 Å². The fourth-order valence-corrected chi connectivity index (χ4v) is 0.973. The first-order valence-corrected chi connectivity index (χ1v) is 4.98. The standard InChI is InChI=1S/C11H17N3O/c1-4-11(2,3)10(15)14-9-5-6-13-7-8(9)12/h5-7H,4,12H2,1-3H3,(H,13,14,15). The number of carbonyl (C=O) groups excluding carboxylic acids is 1. The van der Waals surface area contributed by atoms with Crippen molar-refractivity contribution >= 4 is 17.3 Å². The lowest BCUT2D eigenvalue weighted by molar-refractivity contribution is -0.124. The van der Waals surface area contributed by atoms with E-state index in [4.69, 9.17) is 5.73 Å². The molecule has 3 N–H and O–H groups in total. The number of rotatable bonds is 3. The molecule has 0 unspecified atom stereocenters. The number of nitrogens with one attached hydrogen (secondary N) is 1. The number of aromatic nitrogens is 1. The molecule has 0 bridgehead atoms. The summed E-state index contributed by atoms with van der Waals surface area (Å²) in [5.74, 6) is -0.0251. The van der Waals surface area contributed by atoms with Gasteiger partial charge in [0.25, 0.3) is 0 Å². The minimum Gasteiger partial charge on any atom is -0.396 e. The fraction of sp³-hybridized carbons (Fsp3) is 0.455. The molecule has 0 fully saturated rings. The van der Waals surface area contributed by atoms with Gasteiger partial charge >= 0.3 is 0 Å². The van der Waals surface area contributed by atoms with E-state index in [1.165, 1.54) is 6.20 Å². The zero-order valence-corrected chi connectivity index (χ0v) is 9.37. The first-order chi connectivity index (χ1) is 6.97. The van der Waals surface area contributed by atoms with E-state index < -0.39 is 0 Å². The Labute approximate surface area is 89.9 Å². The van der Waals surface area contributed by atoms with Gasteiger partial charge in [-0.3, -0.25) is 9.78 Å². The van der Waals surface area contributed by atoms with Gasteiger partial charge in [-0.2, -0.15) is 0 Å². The van der Waals surface area contributed by atoms with Crippen LogP contribution < -0.4 is 11.1 Å². The average molecular weight is 207 g/mol. The summed E-state index contributed by atoms with van der Waals surface area (Å²) >= 11 is 0. The second-order valence-corrected chi connectivity index (χ2v) is 4.15. The van der Waals surface area contributed by atoms with E-state index in [1.54, 1.807) is 12.3 Å². The molecule has 1 aromatic heterocycles.